The van der Waals surface area contributed by atoms with E-state index in [1.54, 1.807) is 0 Å². The molecular weight excluding hydrogens is 372 g/mol. The van der Waals surface area contributed by atoms with Gasteiger partial charge in [0.15, 0.2) is 15.2 Å². The second-order valence-corrected chi connectivity index (χ2v) is 7.32. The van der Waals surface area contributed by atoms with Gasteiger partial charge in [-0.2, -0.15) is 5.10 Å². The van der Waals surface area contributed by atoms with Gasteiger partial charge in [0.25, 0.3) is 0 Å². The number of nitrogens with zero attached hydrogens (tertiary/aromatic N) is 3. The molecule has 0 aliphatic heterocycles. The standard InChI is InChI=1S/C18H19ClN4O2S/c1-11(2)14-12(10-23(22-14)13-7-5-4-6-8-13)9-20-18-21-16(19)15(26-18)17(24)25-3/h4-8,10-11H,9H2,1-3H3,(H,20,21). The Labute approximate surface area is 160 Å². The number of nitrogens with one attached hydrogen (secondary N) is 1. The van der Waals surface area contributed by atoms with Crippen LogP contribution in [0.4, 0.5) is 5.13 Å². The second-order valence-electron chi connectivity index (χ2n) is 5.96. The molecule has 0 saturated heterocycles. The van der Waals surface area contributed by atoms with Crippen LogP contribution in [0.3, 0.4) is 0 Å². The molecule has 0 radical (unpaired) electrons. The minimum Gasteiger partial charge on any atom is -0.465 e. The zero-order chi connectivity index (χ0) is 18.7. The number of rotatable bonds is 6. The van der Waals surface area contributed by atoms with Crippen molar-refractivity contribution in [2.45, 2.75) is 26.3 Å². The van der Waals surface area contributed by atoms with Gasteiger partial charge in [0, 0.05) is 18.3 Å². The minimum absolute atomic E-state index is 0.147. The van der Waals surface area contributed by atoms with Crippen molar-refractivity contribution in [1.82, 2.24) is 14.8 Å². The van der Waals surface area contributed by atoms with Gasteiger partial charge in [-0.05, 0) is 18.1 Å². The molecule has 1 N–H and O–H groups in total. The average molecular weight is 391 g/mol. The van der Waals surface area contributed by atoms with Gasteiger partial charge in [-0.25, -0.2) is 14.5 Å². The van der Waals surface area contributed by atoms with Gasteiger partial charge in [-0.1, -0.05) is 55.0 Å². The number of thiazole rings is 1. The van der Waals surface area contributed by atoms with E-state index < -0.39 is 5.97 Å². The van der Waals surface area contributed by atoms with Crippen LogP contribution in [-0.4, -0.2) is 27.8 Å². The Morgan fingerprint density at radius 3 is 2.73 bits per heavy atom. The average Bonchev–Trinajstić information content (AvgIpc) is 3.24. The summed E-state index contributed by atoms with van der Waals surface area (Å²) in [5, 5.41) is 8.65. The Kier molecular flexibility index (Phi) is 5.58. The number of hydrogen-bond donors (Lipinski definition) is 1. The Hall–Kier alpha value is -2.38. The summed E-state index contributed by atoms with van der Waals surface area (Å²) in [7, 11) is 1.32. The third kappa shape index (κ3) is 3.89. The zero-order valence-corrected chi connectivity index (χ0v) is 16.3. The summed E-state index contributed by atoms with van der Waals surface area (Å²) in [5.74, 6) is -0.206. The Morgan fingerprint density at radius 1 is 1.35 bits per heavy atom. The highest BCUT2D eigenvalue weighted by atomic mass is 35.5. The van der Waals surface area contributed by atoms with E-state index in [1.807, 2.05) is 41.2 Å². The topological polar surface area (TPSA) is 69.0 Å². The highest BCUT2D eigenvalue weighted by Crippen LogP contribution is 2.28. The molecule has 8 heteroatoms. The Bertz CT molecular complexity index is 905. The maximum Gasteiger partial charge on any atom is 0.351 e. The molecule has 0 bridgehead atoms. The second kappa shape index (κ2) is 7.88. The van der Waals surface area contributed by atoms with E-state index in [0.29, 0.717) is 16.6 Å². The molecule has 3 rings (SSSR count). The smallest absolute Gasteiger partial charge is 0.351 e. The molecule has 2 heterocycles. The fourth-order valence-electron chi connectivity index (χ4n) is 2.52. The fourth-order valence-corrected chi connectivity index (χ4v) is 3.62. The van der Waals surface area contributed by atoms with Gasteiger partial charge in [-0.3, -0.25) is 0 Å². The number of para-hydroxylation sites is 1. The summed E-state index contributed by atoms with van der Waals surface area (Å²) in [4.78, 5) is 16.1. The van der Waals surface area contributed by atoms with Crippen LogP contribution in [0.5, 0.6) is 0 Å². The number of aromatic nitrogens is 3. The van der Waals surface area contributed by atoms with Gasteiger partial charge in [-0.15, -0.1) is 0 Å². The number of halogens is 1. The maximum atomic E-state index is 11.6. The van der Waals surface area contributed by atoms with Crippen LogP contribution in [0, 0.1) is 0 Å². The summed E-state index contributed by atoms with van der Waals surface area (Å²) >= 11 is 7.18. The van der Waals surface area contributed by atoms with Crippen LogP contribution < -0.4 is 5.32 Å². The molecule has 136 valence electrons. The third-order valence-corrected chi connectivity index (χ3v) is 5.16. The van der Waals surface area contributed by atoms with Crippen LogP contribution >= 0.6 is 22.9 Å². The first kappa shape index (κ1) is 18.4. The molecule has 0 unspecified atom stereocenters. The van der Waals surface area contributed by atoms with Crippen LogP contribution in [0.2, 0.25) is 5.15 Å². The molecule has 3 aromatic rings. The number of esters is 1. The molecule has 0 fully saturated rings. The van der Waals surface area contributed by atoms with Crippen molar-refractivity contribution >= 4 is 34.0 Å². The Balaban J connectivity index is 1.81. The zero-order valence-electron chi connectivity index (χ0n) is 14.7. The fraction of sp³-hybridized carbons (Fsp3) is 0.278. The lowest BCUT2D eigenvalue weighted by Gasteiger charge is -2.05. The molecule has 0 amide bonds. The minimum atomic E-state index is -0.486. The van der Waals surface area contributed by atoms with E-state index in [-0.39, 0.29) is 11.1 Å². The first-order valence-electron chi connectivity index (χ1n) is 8.12. The van der Waals surface area contributed by atoms with Crippen molar-refractivity contribution < 1.29 is 9.53 Å². The predicted octanol–water partition coefficient (Wildman–Crippen LogP) is 4.50. The molecule has 26 heavy (non-hydrogen) atoms. The summed E-state index contributed by atoms with van der Waals surface area (Å²) in [6, 6.07) is 9.96. The summed E-state index contributed by atoms with van der Waals surface area (Å²) < 4.78 is 6.58. The number of carbonyl (C=O) groups excluding carboxylic acids is 1. The normalized spacial score (nSPS) is 11.0. The van der Waals surface area contributed by atoms with E-state index in [1.165, 1.54) is 18.4 Å². The summed E-state index contributed by atoms with van der Waals surface area (Å²) in [6.07, 6.45) is 2.01. The third-order valence-electron chi connectivity index (χ3n) is 3.78. The van der Waals surface area contributed by atoms with Gasteiger partial charge >= 0.3 is 5.97 Å². The van der Waals surface area contributed by atoms with Crippen LogP contribution in [0.1, 0.15) is 40.7 Å². The molecule has 0 saturated carbocycles. The van der Waals surface area contributed by atoms with Gasteiger partial charge in [0.1, 0.15) is 0 Å². The van der Waals surface area contributed by atoms with Crippen molar-refractivity contribution in [3.05, 3.63) is 57.8 Å². The highest BCUT2D eigenvalue weighted by molar-refractivity contribution is 7.18. The molecular formula is C18H19ClN4O2S. The van der Waals surface area contributed by atoms with E-state index in [4.69, 9.17) is 21.4 Å². The van der Waals surface area contributed by atoms with Crippen molar-refractivity contribution in [2.75, 3.05) is 12.4 Å². The van der Waals surface area contributed by atoms with Gasteiger partial charge in [0.05, 0.1) is 18.5 Å². The molecule has 0 atom stereocenters. The molecule has 1 aromatic carbocycles. The van der Waals surface area contributed by atoms with E-state index >= 15 is 0 Å². The number of anilines is 1. The first-order chi connectivity index (χ1) is 12.5. The van der Waals surface area contributed by atoms with Crippen LogP contribution in [0.15, 0.2) is 36.5 Å². The molecule has 6 nitrogen and oxygen atoms in total. The first-order valence-corrected chi connectivity index (χ1v) is 9.31. The molecule has 0 aliphatic carbocycles. The summed E-state index contributed by atoms with van der Waals surface area (Å²) in [6.45, 7) is 4.75. The lowest BCUT2D eigenvalue weighted by Crippen LogP contribution is -2.02. The van der Waals surface area contributed by atoms with E-state index in [9.17, 15) is 4.79 Å². The van der Waals surface area contributed by atoms with Gasteiger partial charge < -0.3 is 10.1 Å². The molecule has 0 spiro atoms. The lowest BCUT2D eigenvalue weighted by molar-refractivity contribution is 0.0606. The molecule has 2 aromatic heterocycles. The highest BCUT2D eigenvalue weighted by Gasteiger charge is 2.18. The van der Waals surface area contributed by atoms with Crippen LogP contribution in [0.25, 0.3) is 5.69 Å². The number of carbonyl (C=O) groups is 1. The monoisotopic (exact) mass is 390 g/mol. The van der Waals surface area contributed by atoms with Crippen molar-refractivity contribution in [3.8, 4) is 5.69 Å². The number of ether oxygens (including phenoxy) is 1. The molecule has 0 aliphatic rings. The van der Waals surface area contributed by atoms with Crippen LogP contribution in [-0.2, 0) is 11.3 Å². The van der Waals surface area contributed by atoms with Gasteiger partial charge in [0.2, 0.25) is 0 Å². The number of benzene rings is 1. The summed E-state index contributed by atoms with van der Waals surface area (Å²) in [5.41, 5.74) is 3.08. The Morgan fingerprint density at radius 2 is 2.08 bits per heavy atom. The lowest BCUT2D eigenvalue weighted by atomic mass is 10.1. The SMILES string of the molecule is COC(=O)c1sc(NCc2cn(-c3ccccc3)nc2C(C)C)nc1Cl. The largest absolute Gasteiger partial charge is 0.465 e. The number of methoxy groups -OCH3 is 1. The number of hydrogen-bond acceptors (Lipinski definition) is 6. The quantitative estimate of drug-likeness (QED) is 0.627. The van der Waals surface area contributed by atoms with E-state index in [0.717, 1.165) is 16.9 Å². The maximum absolute atomic E-state index is 11.6. The predicted molar refractivity (Wildman–Crippen MR) is 103 cm³/mol. The van der Waals surface area contributed by atoms with Crippen molar-refractivity contribution in [1.29, 1.82) is 0 Å². The van der Waals surface area contributed by atoms with E-state index in [2.05, 4.69) is 24.1 Å². The van der Waals surface area contributed by atoms with Crippen molar-refractivity contribution in [3.63, 3.8) is 0 Å². The van der Waals surface area contributed by atoms with Crippen molar-refractivity contribution in [2.24, 2.45) is 0 Å².